The van der Waals surface area contributed by atoms with Crippen LogP contribution in [0.25, 0.3) is 0 Å². The third-order valence-corrected chi connectivity index (χ3v) is 3.28. The second-order valence-electron chi connectivity index (χ2n) is 5.03. The second kappa shape index (κ2) is 5.67. The predicted octanol–water partition coefficient (Wildman–Crippen LogP) is 2.14. The number of morpholine rings is 1. The van der Waals surface area contributed by atoms with Gasteiger partial charge in [-0.3, -0.25) is 4.98 Å². The normalized spacial score (nSPS) is 26.1. The van der Waals surface area contributed by atoms with Gasteiger partial charge in [-0.25, -0.2) is 0 Å². The van der Waals surface area contributed by atoms with Crippen molar-refractivity contribution in [2.24, 2.45) is 0 Å². The molecule has 0 saturated carbocycles. The van der Waals surface area contributed by atoms with Gasteiger partial charge in [-0.15, -0.1) is 0 Å². The Kier molecular flexibility index (Phi) is 4.19. The van der Waals surface area contributed by atoms with Crippen LogP contribution in [0.1, 0.15) is 39.0 Å². The molecule has 3 atom stereocenters. The first-order valence-corrected chi connectivity index (χ1v) is 6.64. The van der Waals surface area contributed by atoms with Crippen molar-refractivity contribution in [3.63, 3.8) is 0 Å². The van der Waals surface area contributed by atoms with E-state index in [1.807, 2.05) is 25.3 Å². The van der Waals surface area contributed by atoms with E-state index in [1.165, 1.54) is 0 Å². The van der Waals surface area contributed by atoms with Gasteiger partial charge >= 0.3 is 0 Å². The summed E-state index contributed by atoms with van der Waals surface area (Å²) in [6.07, 6.45) is 2.57. The zero-order chi connectivity index (χ0) is 13.1. The Hall–Kier alpha value is -1.13. The van der Waals surface area contributed by atoms with Crippen molar-refractivity contribution < 1.29 is 9.84 Å². The van der Waals surface area contributed by atoms with Crippen LogP contribution < -0.4 is 4.90 Å². The van der Waals surface area contributed by atoms with Crippen LogP contribution in [0.3, 0.4) is 0 Å². The standard InChI is InChI=1S/C14H22N2O2/c1-4-14(17)13-6-5-12(7-15-13)16-8-10(2)18-11(3)9-16/h5-7,10-11,14,17H,4,8-9H2,1-3H3. The maximum Gasteiger partial charge on any atom is 0.0957 e. The Morgan fingerprint density at radius 2 is 2.06 bits per heavy atom. The quantitative estimate of drug-likeness (QED) is 0.892. The average molecular weight is 250 g/mol. The number of hydrogen-bond donors (Lipinski definition) is 1. The number of ether oxygens (including phenoxy) is 1. The summed E-state index contributed by atoms with van der Waals surface area (Å²) >= 11 is 0. The molecule has 0 spiro atoms. The fourth-order valence-corrected chi connectivity index (χ4v) is 2.38. The van der Waals surface area contributed by atoms with Gasteiger partial charge in [0.25, 0.3) is 0 Å². The summed E-state index contributed by atoms with van der Waals surface area (Å²) in [6.45, 7) is 7.91. The maximum atomic E-state index is 9.72. The molecule has 100 valence electrons. The van der Waals surface area contributed by atoms with Gasteiger partial charge in [0.15, 0.2) is 0 Å². The van der Waals surface area contributed by atoms with Crippen molar-refractivity contribution in [3.8, 4) is 0 Å². The van der Waals surface area contributed by atoms with Gasteiger partial charge in [0.05, 0.1) is 35.9 Å². The van der Waals surface area contributed by atoms with Gasteiger partial charge in [-0.2, -0.15) is 0 Å². The number of hydrogen-bond acceptors (Lipinski definition) is 4. The molecule has 2 heterocycles. The molecule has 3 unspecified atom stereocenters. The van der Waals surface area contributed by atoms with E-state index in [4.69, 9.17) is 4.74 Å². The van der Waals surface area contributed by atoms with Crippen molar-refractivity contribution in [2.45, 2.75) is 45.5 Å². The zero-order valence-corrected chi connectivity index (χ0v) is 11.3. The minimum Gasteiger partial charge on any atom is -0.387 e. The fourth-order valence-electron chi connectivity index (χ4n) is 2.38. The van der Waals surface area contributed by atoms with E-state index in [9.17, 15) is 5.11 Å². The minimum atomic E-state index is -0.457. The number of rotatable bonds is 3. The van der Waals surface area contributed by atoms with Crippen molar-refractivity contribution >= 4 is 5.69 Å². The third-order valence-electron chi connectivity index (χ3n) is 3.28. The molecule has 1 aliphatic heterocycles. The van der Waals surface area contributed by atoms with Crippen LogP contribution in [0.4, 0.5) is 5.69 Å². The highest BCUT2D eigenvalue weighted by Crippen LogP contribution is 2.21. The molecule has 0 amide bonds. The lowest BCUT2D eigenvalue weighted by Gasteiger charge is -2.36. The topological polar surface area (TPSA) is 45.6 Å². The Labute approximate surface area is 109 Å². The summed E-state index contributed by atoms with van der Waals surface area (Å²) in [5.41, 5.74) is 1.85. The van der Waals surface area contributed by atoms with Crippen LogP contribution in [0.5, 0.6) is 0 Å². The number of anilines is 1. The summed E-state index contributed by atoms with van der Waals surface area (Å²) in [4.78, 5) is 6.63. The molecule has 4 heteroatoms. The molecule has 2 rings (SSSR count). The number of aromatic nitrogens is 1. The Morgan fingerprint density at radius 1 is 1.39 bits per heavy atom. The number of aliphatic hydroxyl groups excluding tert-OH is 1. The molecule has 0 aliphatic carbocycles. The molecule has 1 aromatic heterocycles. The van der Waals surface area contributed by atoms with Crippen LogP contribution in [-0.2, 0) is 4.74 Å². The van der Waals surface area contributed by atoms with Crippen LogP contribution in [-0.4, -0.2) is 35.4 Å². The summed E-state index contributed by atoms with van der Waals surface area (Å²) in [7, 11) is 0. The van der Waals surface area contributed by atoms with E-state index in [0.29, 0.717) is 6.42 Å². The van der Waals surface area contributed by atoms with Crippen molar-refractivity contribution in [1.82, 2.24) is 4.98 Å². The lowest BCUT2D eigenvalue weighted by atomic mass is 10.1. The lowest BCUT2D eigenvalue weighted by Crippen LogP contribution is -2.45. The first-order chi connectivity index (χ1) is 8.60. The lowest BCUT2D eigenvalue weighted by molar-refractivity contribution is -0.00524. The zero-order valence-electron chi connectivity index (χ0n) is 11.3. The number of aliphatic hydroxyl groups is 1. The Morgan fingerprint density at radius 3 is 2.56 bits per heavy atom. The number of pyridine rings is 1. The van der Waals surface area contributed by atoms with Crippen LogP contribution >= 0.6 is 0 Å². The van der Waals surface area contributed by atoms with E-state index in [1.54, 1.807) is 0 Å². The summed E-state index contributed by atoms with van der Waals surface area (Å²) in [6, 6.07) is 3.94. The summed E-state index contributed by atoms with van der Waals surface area (Å²) < 4.78 is 5.72. The van der Waals surface area contributed by atoms with E-state index in [0.717, 1.165) is 24.5 Å². The molecular weight excluding hydrogens is 228 g/mol. The van der Waals surface area contributed by atoms with Crippen molar-refractivity contribution in [1.29, 1.82) is 0 Å². The van der Waals surface area contributed by atoms with Crippen molar-refractivity contribution in [3.05, 3.63) is 24.0 Å². The molecule has 1 aromatic rings. The highest BCUT2D eigenvalue weighted by molar-refractivity contribution is 5.45. The van der Waals surface area contributed by atoms with Crippen LogP contribution in [0.15, 0.2) is 18.3 Å². The van der Waals surface area contributed by atoms with Gasteiger partial charge in [0.1, 0.15) is 0 Å². The fraction of sp³-hybridized carbons (Fsp3) is 0.643. The molecular formula is C14H22N2O2. The monoisotopic (exact) mass is 250 g/mol. The van der Waals surface area contributed by atoms with Gasteiger partial charge in [0, 0.05) is 13.1 Å². The van der Waals surface area contributed by atoms with Crippen LogP contribution in [0, 0.1) is 0 Å². The molecule has 1 N–H and O–H groups in total. The molecule has 18 heavy (non-hydrogen) atoms. The maximum absolute atomic E-state index is 9.72. The minimum absolute atomic E-state index is 0.245. The summed E-state index contributed by atoms with van der Waals surface area (Å²) in [5, 5.41) is 9.72. The molecule has 1 aliphatic rings. The number of nitrogens with zero attached hydrogens (tertiary/aromatic N) is 2. The first kappa shape index (κ1) is 13.3. The van der Waals surface area contributed by atoms with Crippen molar-refractivity contribution in [2.75, 3.05) is 18.0 Å². The molecule has 0 radical (unpaired) electrons. The molecule has 4 nitrogen and oxygen atoms in total. The first-order valence-electron chi connectivity index (χ1n) is 6.64. The smallest absolute Gasteiger partial charge is 0.0957 e. The van der Waals surface area contributed by atoms with E-state index in [2.05, 4.69) is 23.7 Å². The SMILES string of the molecule is CCC(O)c1ccc(N2CC(C)OC(C)C2)cn1. The van der Waals surface area contributed by atoms with E-state index < -0.39 is 6.10 Å². The van der Waals surface area contributed by atoms with E-state index in [-0.39, 0.29) is 12.2 Å². The Balaban J connectivity index is 2.09. The largest absolute Gasteiger partial charge is 0.387 e. The predicted molar refractivity (Wildman–Crippen MR) is 71.7 cm³/mol. The highest BCUT2D eigenvalue weighted by atomic mass is 16.5. The molecule has 0 aromatic carbocycles. The molecule has 0 bridgehead atoms. The highest BCUT2D eigenvalue weighted by Gasteiger charge is 2.22. The van der Waals surface area contributed by atoms with Gasteiger partial charge in [-0.1, -0.05) is 6.92 Å². The van der Waals surface area contributed by atoms with Gasteiger partial charge in [-0.05, 0) is 32.4 Å². The van der Waals surface area contributed by atoms with Crippen LogP contribution in [0.2, 0.25) is 0 Å². The molecule has 1 saturated heterocycles. The summed E-state index contributed by atoms with van der Waals surface area (Å²) in [5.74, 6) is 0. The average Bonchev–Trinajstić information content (AvgIpc) is 2.37. The van der Waals surface area contributed by atoms with E-state index >= 15 is 0 Å². The second-order valence-corrected chi connectivity index (χ2v) is 5.03. The molecule has 1 fully saturated rings. The van der Waals surface area contributed by atoms with Gasteiger partial charge < -0.3 is 14.7 Å². The third kappa shape index (κ3) is 3.00. The Bertz CT molecular complexity index is 370. The van der Waals surface area contributed by atoms with Gasteiger partial charge in [0.2, 0.25) is 0 Å².